The molecule has 19 heavy (non-hydrogen) atoms. The number of rotatable bonds is 4. The minimum atomic E-state index is -0.623. The van der Waals surface area contributed by atoms with Gasteiger partial charge in [-0.25, -0.2) is 4.98 Å². The number of aromatic nitrogens is 1. The summed E-state index contributed by atoms with van der Waals surface area (Å²) in [5, 5.41) is 13.6. The van der Waals surface area contributed by atoms with Gasteiger partial charge in [-0.1, -0.05) is 30.3 Å². The second kappa shape index (κ2) is 5.85. The fourth-order valence-corrected chi connectivity index (χ4v) is 2.04. The molecule has 1 atom stereocenters. The average molecular weight is 256 g/mol. The van der Waals surface area contributed by atoms with E-state index in [0.717, 1.165) is 22.5 Å². The highest BCUT2D eigenvalue weighted by atomic mass is 16.3. The monoisotopic (exact) mass is 256 g/mol. The summed E-state index contributed by atoms with van der Waals surface area (Å²) in [5.74, 6) is 0.844. The maximum atomic E-state index is 10.4. The van der Waals surface area contributed by atoms with E-state index >= 15 is 0 Å². The van der Waals surface area contributed by atoms with Gasteiger partial charge in [-0.3, -0.25) is 0 Å². The van der Waals surface area contributed by atoms with Gasteiger partial charge < -0.3 is 10.4 Å². The first kappa shape index (κ1) is 13.6. The van der Waals surface area contributed by atoms with Crippen molar-refractivity contribution in [1.82, 2.24) is 4.98 Å². The Morgan fingerprint density at radius 3 is 2.42 bits per heavy atom. The van der Waals surface area contributed by atoms with E-state index in [2.05, 4.69) is 24.1 Å². The molecule has 100 valence electrons. The van der Waals surface area contributed by atoms with Crippen LogP contribution in [0.15, 0.2) is 42.6 Å². The molecular formula is C16H20N2O. The summed E-state index contributed by atoms with van der Waals surface area (Å²) in [6, 6.07) is 12.0. The third-order valence-electron chi connectivity index (χ3n) is 3.00. The first-order valence-electron chi connectivity index (χ1n) is 6.54. The van der Waals surface area contributed by atoms with Crippen LogP contribution in [-0.2, 0) is 0 Å². The molecule has 0 aliphatic heterocycles. The molecule has 3 nitrogen and oxygen atoms in total. The number of benzene rings is 1. The van der Waals surface area contributed by atoms with E-state index in [0.29, 0.717) is 6.04 Å². The SMILES string of the molecule is Cc1cc(NC(C)C)ncc1C(O)c1ccccc1. The lowest BCUT2D eigenvalue weighted by molar-refractivity contribution is 0.219. The van der Waals surface area contributed by atoms with E-state index in [1.54, 1.807) is 6.20 Å². The number of nitrogens with one attached hydrogen (secondary N) is 1. The Bertz CT molecular complexity index is 538. The molecule has 2 N–H and O–H groups in total. The Morgan fingerprint density at radius 2 is 1.84 bits per heavy atom. The summed E-state index contributed by atoms with van der Waals surface area (Å²) < 4.78 is 0. The molecule has 1 unspecified atom stereocenters. The minimum Gasteiger partial charge on any atom is -0.384 e. The summed E-state index contributed by atoms with van der Waals surface area (Å²) in [4.78, 5) is 4.36. The molecule has 1 aromatic carbocycles. The van der Waals surface area contributed by atoms with Crippen molar-refractivity contribution >= 4 is 5.82 Å². The van der Waals surface area contributed by atoms with Gasteiger partial charge in [0.2, 0.25) is 0 Å². The largest absolute Gasteiger partial charge is 0.384 e. The average Bonchev–Trinajstić information content (AvgIpc) is 2.38. The van der Waals surface area contributed by atoms with Gasteiger partial charge in [0.25, 0.3) is 0 Å². The highest BCUT2D eigenvalue weighted by Gasteiger charge is 2.13. The Morgan fingerprint density at radius 1 is 1.16 bits per heavy atom. The van der Waals surface area contributed by atoms with Gasteiger partial charge >= 0.3 is 0 Å². The summed E-state index contributed by atoms with van der Waals surface area (Å²) in [5.41, 5.74) is 2.77. The molecule has 0 amide bonds. The number of aryl methyl sites for hydroxylation is 1. The summed E-state index contributed by atoms with van der Waals surface area (Å²) in [7, 11) is 0. The zero-order chi connectivity index (χ0) is 13.8. The van der Waals surface area contributed by atoms with Crippen LogP contribution < -0.4 is 5.32 Å². The predicted molar refractivity (Wildman–Crippen MR) is 78.2 cm³/mol. The number of aliphatic hydroxyl groups is 1. The van der Waals surface area contributed by atoms with Crippen molar-refractivity contribution < 1.29 is 5.11 Å². The normalized spacial score (nSPS) is 12.5. The van der Waals surface area contributed by atoms with E-state index in [1.165, 1.54) is 0 Å². The van der Waals surface area contributed by atoms with Gasteiger partial charge in [-0.05, 0) is 38.0 Å². The maximum Gasteiger partial charge on any atom is 0.126 e. The number of aliphatic hydroxyl groups excluding tert-OH is 1. The summed E-state index contributed by atoms with van der Waals surface area (Å²) in [6.07, 6.45) is 1.12. The Labute approximate surface area is 114 Å². The van der Waals surface area contributed by atoms with E-state index in [4.69, 9.17) is 0 Å². The quantitative estimate of drug-likeness (QED) is 0.882. The molecule has 0 radical (unpaired) electrons. The number of anilines is 1. The first-order chi connectivity index (χ1) is 9.08. The Kier molecular flexibility index (Phi) is 4.17. The molecular weight excluding hydrogens is 236 g/mol. The molecule has 1 aromatic heterocycles. The summed E-state index contributed by atoms with van der Waals surface area (Å²) in [6.45, 7) is 6.14. The highest BCUT2D eigenvalue weighted by molar-refractivity contribution is 5.43. The zero-order valence-corrected chi connectivity index (χ0v) is 11.6. The van der Waals surface area contributed by atoms with Crippen LogP contribution in [0.4, 0.5) is 5.82 Å². The van der Waals surface area contributed by atoms with Gasteiger partial charge in [-0.2, -0.15) is 0 Å². The van der Waals surface area contributed by atoms with Crippen LogP contribution in [0.1, 0.15) is 36.6 Å². The van der Waals surface area contributed by atoms with Crippen LogP contribution in [0.5, 0.6) is 0 Å². The van der Waals surface area contributed by atoms with Gasteiger partial charge in [-0.15, -0.1) is 0 Å². The Hall–Kier alpha value is -1.87. The molecule has 0 saturated heterocycles. The molecule has 0 fully saturated rings. The second-order valence-corrected chi connectivity index (χ2v) is 5.04. The molecule has 0 bridgehead atoms. The zero-order valence-electron chi connectivity index (χ0n) is 11.6. The van der Waals surface area contributed by atoms with E-state index in [-0.39, 0.29) is 0 Å². The lowest BCUT2D eigenvalue weighted by atomic mass is 9.99. The van der Waals surface area contributed by atoms with E-state index in [1.807, 2.05) is 43.3 Å². The van der Waals surface area contributed by atoms with Gasteiger partial charge in [0.15, 0.2) is 0 Å². The number of nitrogens with zero attached hydrogens (tertiary/aromatic N) is 1. The number of hydrogen-bond acceptors (Lipinski definition) is 3. The minimum absolute atomic E-state index is 0.344. The molecule has 1 heterocycles. The number of pyridine rings is 1. The topological polar surface area (TPSA) is 45.2 Å². The van der Waals surface area contributed by atoms with Crippen molar-refractivity contribution in [3.05, 3.63) is 59.3 Å². The Balaban J connectivity index is 2.26. The second-order valence-electron chi connectivity index (χ2n) is 5.04. The summed E-state index contributed by atoms with van der Waals surface area (Å²) >= 11 is 0. The van der Waals surface area contributed by atoms with Gasteiger partial charge in [0.05, 0.1) is 0 Å². The molecule has 3 heteroatoms. The van der Waals surface area contributed by atoms with Crippen molar-refractivity contribution in [2.24, 2.45) is 0 Å². The van der Waals surface area contributed by atoms with Crippen LogP contribution in [0, 0.1) is 6.92 Å². The van der Waals surface area contributed by atoms with Crippen molar-refractivity contribution in [1.29, 1.82) is 0 Å². The van der Waals surface area contributed by atoms with Crippen LogP contribution in [0.25, 0.3) is 0 Å². The molecule has 2 aromatic rings. The lowest BCUT2D eigenvalue weighted by Crippen LogP contribution is -2.12. The smallest absolute Gasteiger partial charge is 0.126 e. The van der Waals surface area contributed by atoms with Gasteiger partial charge in [0, 0.05) is 17.8 Å². The van der Waals surface area contributed by atoms with Crippen molar-refractivity contribution in [2.75, 3.05) is 5.32 Å². The highest BCUT2D eigenvalue weighted by Crippen LogP contribution is 2.25. The third-order valence-corrected chi connectivity index (χ3v) is 3.00. The molecule has 0 spiro atoms. The molecule has 0 aliphatic rings. The standard InChI is InChI=1S/C16H20N2O/c1-11(2)18-15-9-12(3)14(10-17-15)16(19)13-7-5-4-6-8-13/h4-11,16,19H,1-3H3,(H,17,18). The van der Waals surface area contributed by atoms with E-state index in [9.17, 15) is 5.11 Å². The molecule has 2 rings (SSSR count). The van der Waals surface area contributed by atoms with Crippen LogP contribution in [0.2, 0.25) is 0 Å². The molecule has 0 aliphatic carbocycles. The molecule has 0 saturated carbocycles. The van der Waals surface area contributed by atoms with Crippen molar-refractivity contribution in [2.45, 2.75) is 32.9 Å². The van der Waals surface area contributed by atoms with Crippen molar-refractivity contribution in [3.63, 3.8) is 0 Å². The fraction of sp³-hybridized carbons (Fsp3) is 0.312. The van der Waals surface area contributed by atoms with Gasteiger partial charge in [0.1, 0.15) is 11.9 Å². The maximum absolute atomic E-state index is 10.4. The van der Waals surface area contributed by atoms with Crippen molar-refractivity contribution in [3.8, 4) is 0 Å². The van der Waals surface area contributed by atoms with Crippen LogP contribution in [-0.4, -0.2) is 16.1 Å². The predicted octanol–water partition coefficient (Wildman–Crippen LogP) is 3.29. The first-order valence-corrected chi connectivity index (χ1v) is 6.54. The number of hydrogen-bond donors (Lipinski definition) is 2. The fourth-order valence-electron chi connectivity index (χ4n) is 2.04. The third kappa shape index (κ3) is 3.32. The van der Waals surface area contributed by atoms with Crippen LogP contribution >= 0.6 is 0 Å². The lowest BCUT2D eigenvalue weighted by Gasteiger charge is -2.16. The van der Waals surface area contributed by atoms with Crippen LogP contribution in [0.3, 0.4) is 0 Å². The van der Waals surface area contributed by atoms with E-state index < -0.39 is 6.10 Å².